The van der Waals surface area contributed by atoms with Crippen molar-refractivity contribution in [3.63, 3.8) is 0 Å². The Hall–Kier alpha value is -1.90. The molecule has 8 heteroatoms. The predicted molar refractivity (Wildman–Crippen MR) is 112 cm³/mol. The van der Waals surface area contributed by atoms with E-state index in [0.29, 0.717) is 36.1 Å². The Morgan fingerprint density at radius 1 is 1.21 bits per heavy atom. The molecule has 0 aliphatic rings. The van der Waals surface area contributed by atoms with E-state index in [4.69, 9.17) is 14.5 Å². The van der Waals surface area contributed by atoms with Gasteiger partial charge in [-0.3, -0.25) is 9.36 Å². The topological polar surface area (TPSA) is 53.4 Å². The highest BCUT2D eigenvalue weighted by atomic mass is 32.2. The second kappa shape index (κ2) is 9.54. The van der Waals surface area contributed by atoms with Crippen LogP contribution in [0.15, 0.2) is 34.2 Å². The average molecular weight is 423 g/mol. The Balaban J connectivity index is 1.68. The molecule has 0 bridgehead atoms. The summed E-state index contributed by atoms with van der Waals surface area (Å²) >= 11 is 3.10. The first kappa shape index (κ1) is 20.8. The van der Waals surface area contributed by atoms with Gasteiger partial charge >= 0.3 is 0 Å². The summed E-state index contributed by atoms with van der Waals surface area (Å²) < 4.78 is 25.4. The summed E-state index contributed by atoms with van der Waals surface area (Å²) in [5.74, 6) is 1.13. The van der Waals surface area contributed by atoms with Gasteiger partial charge in [0.05, 0.1) is 25.1 Å². The van der Waals surface area contributed by atoms with E-state index in [1.165, 1.54) is 12.1 Å². The molecule has 1 aromatic carbocycles. The third-order valence-electron chi connectivity index (χ3n) is 4.38. The van der Waals surface area contributed by atoms with E-state index in [2.05, 4.69) is 0 Å². The fraction of sp³-hybridized carbons (Fsp3) is 0.400. The Morgan fingerprint density at radius 3 is 2.68 bits per heavy atom. The fourth-order valence-corrected chi connectivity index (χ4v) is 4.75. The van der Waals surface area contributed by atoms with Gasteiger partial charge in [-0.1, -0.05) is 11.8 Å². The highest BCUT2D eigenvalue weighted by Gasteiger charge is 2.16. The zero-order valence-electron chi connectivity index (χ0n) is 16.2. The molecule has 0 N–H and O–H groups in total. The van der Waals surface area contributed by atoms with E-state index in [-0.39, 0.29) is 11.4 Å². The van der Waals surface area contributed by atoms with Crippen molar-refractivity contribution < 1.29 is 13.9 Å². The molecule has 5 nitrogen and oxygen atoms in total. The molecule has 0 saturated carbocycles. The summed E-state index contributed by atoms with van der Waals surface area (Å²) in [5.41, 5.74) is 1.00. The maximum Gasteiger partial charge on any atom is 0.263 e. The van der Waals surface area contributed by atoms with Crippen molar-refractivity contribution >= 4 is 33.3 Å². The van der Waals surface area contributed by atoms with Crippen LogP contribution < -0.4 is 10.3 Å². The van der Waals surface area contributed by atoms with Crippen molar-refractivity contribution in [1.82, 2.24) is 9.55 Å². The summed E-state index contributed by atoms with van der Waals surface area (Å²) in [5, 5.41) is 1.42. The minimum Gasteiger partial charge on any atom is -0.494 e. The molecule has 2 aromatic heterocycles. The van der Waals surface area contributed by atoms with Crippen LogP contribution in [0.5, 0.6) is 5.75 Å². The molecule has 2 heterocycles. The van der Waals surface area contributed by atoms with E-state index >= 15 is 0 Å². The van der Waals surface area contributed by atoms with Crippen molar-refractivity contribution in [3.8, 4) is 5.75 Å². The molecule has 0 spiro atoms. The van der Waals surface area contributed by atoms with Gasteiger partial charge < -0.3 is 9.47 Å². The molecule has 0 amide bonds. The Kier molecular flexibility index (Phi) is 7.09. The standard InChI is InChI=1S/C20H23FN2O3S2/c1-13-14(2)28-18-17(13)19(24)23(9-11-25-3)20(22-18)27-12-4-10-26-16-7-5-15(21)6-8-16/h5-8H,4,9-12H2,1-3H3. The molecular formula is C20H23FN2O3S2. The smallest absolute Gasteiger partial charge is 0.263 e. The molecule has 0 unspecified atom stereocenters. The number of halogens is 1. The zero-order chi connectivity index (χ0) is 20.1. The lowest BCUT2D eigenvalue weighted by molar-refractivity contribution is 0.183. The van der Waals surface area contributed by atoms with E-state index < -0.39 is 0 Å². The molecule has 0 fully saturated rings. The van der Waals surface area contributed by atoms with Crippen LogP contribution in [0.25, 0.3) is 10.2 Å². The van der Waals surface area contributed by atoms with Crippen molar-refractivity contribution in [2.24, 2.45) is 0 Å². The third-order valence-corrected chi connectivity index (χ3v) is 6.54. The van der Waals surface area contributed by atoms with Gasteiger partial charge in [0.25, 0.3) is 5.56 Å². The normalized spacial score (nSPS) is 11.3. The number of hydrogen-bond donors (Lipinski definition) is 0. The summed E-state index contributed by atoms with van der Waals surface area (Å²) in [6.07, 6.45) is 0.780. The Morgan fingerprint density at radius 2 is 1.96 bits per heavy atom. The second-order valence-electron chi connectivity index (χ2n) is 6.31. The van der Waals surface area contributed by atoms with Crippen LogP contribution in [-0.2, 0) is 11.3 Å². The number of thiophene rings is 1. The second-order valence-corrected chi connectivity index (χ2v) is 8.58. The van der Waals surface area contributed by atoms with Crippen LogP contribution >= 0.6 is 23.1 Å². The first-order valence-corrected chi connectivity index (χ1v) is 10.8. The molecule has 0 aliphatic carbocycles. The lowest BCUT2D eigenvalue weighted by Gasteiger charge is -2.12. The molecular weight excluding hydrogens is 399 g/mol. The number of fused-ring (bicyclic) bond motifs is 1. The highest BCUT2D eigenvalue weighted by molar-refractivity contribution is 7.99. The molecule has 28 heavy (non-hydrogen) atoms. The zero-order valence-corrected chi connectivity index (χ0v) is 17.8. The number of rotatable bonds is 9. The van der Waals surface area contributed by atoms with Crippen molar-refractivity contribution in [1.29, 1.82) is 0 Å². The van der Waals surface area contributed by atoms with Crippen LogP contribution in [0, 0.1) is 19.7 Å². The van der Waals surface area contributed by atoms with E-state index in [1.807, 2.05) is 13.8 Å². The van der Waals surface area contributed by atoms with Crippen molar-refractivity contribution in [2.45, 2.75) is 32.0 Å². The lowest BCUT2D eigenvalue weighted by atomic mass is 10.2. The number of benzene rings is 1. The average Bonchev–Trinajstić information content (AvgIpc) is 2.96. The first-order valence-electron chi connectivity index (χ1n) is 9.02. The minimum atomic E-state index is -0.280. The number of thioether (sulfide) groups is 1. The number of hydrogen-bond acceptors (Lipinski definition) is 6. The maximum absolute atomic E-state index is 13.0. The van der Waals surface area contributed by atoms with Gasteiger partial charge in [0, 0.05) is 17.7 Å². The monoisotopic (exact) mass is 422 g/mol. The Labute approximate surface area is 171 Å². The van der Waals surface area contributed by atoms with Crippen LogP contribution in [0.3, 0.4) is 0 Å². The number of aryl methyl sites for hydroxylation is 2. The number of nitrogens with zero attached hydrogens (tertiary/aromatic N) is 2. The molecule has 0 radical (unpaired) electrons. The molecule has 3 aromatic rings. The van der Waals surface area contributed by atoms with Gasteiger partial charge in [0.2, 0.25) is 0 Å². The van der Waals surface area contributed by atoms with Gasteiger partial charge in [0.15, 0.2) is 5.16 Å². The van der Waals surface area contributed by atoms with Crippen molar-refractivity contribution in [2.75, 3.05) is 26.1 Å². The van der Waals surface area contributed by atoms with E-state index in [0.717, 1.165) is 27.4 Å². The van der Waals surface area contributed by atoms with Crippen LogP contribution in [0.2, 0.25) is 0 Å². The molecule has 0 saturated heterocycles. The van der Waals surface area contributed by atoms with E-state index in [1.54, 1.807) is 46.9 Å². The van der Waals surface area contributed by atoms with Crippen LogP contribution in [-0.4, -0.2) is 35.6 Å². The predicted octanol–water partition coefficient (Wildman–Crippen LogP) is 4.42. The largest absolute Gasteiger partial charge is 0.494 e. The van der Waals surface area contributed by atoms with Gasteiger partial charge in [-0.25, -0.2) is 9.37 Å². The van der Waals surface area contributed by atoms with E-state index in [9.17, 15) is 9.18 Å². The summed E-state index contributed by atoms with van der Waals surface area (Å²) in [4.78, 5) is 19.6. The van der Waals surface area contributed by atoms with Crippen LogP contribution in [0.4, 0.5) is 4.39 Å². The summed E-state index contributed by atoms with van der Waals surface area (Å²) in [6.45, 7) is 5.43. The highest BCUT2D eigenvalue weighted by Crippen LogP contribution is 2.28. The Bertz CT molecular complexity index is 999. The minimum absolute atomic E-state index is 0.00559. The van der Waals surface area contributed by atoms with Gasteiger partial charge in [-0.2, -0.15) is 0 Å². The number of aromatic nitrogens is 2. The van der Waals surface area contributed by atoms with Gasteiger partial charge in [-0.15, -0.1) is 11.3 Å². The lowest BCUT2D eigenvalue weighted by Crippen LogP contribution is -2.25. The summed E-state index contributed by atoms with van der Waals surface area (Å²) in [6, 6.07) is 5.98. The first-order chi connectivity index (χ1) is 13.5. The molecule has 0 atom stereocenters. The van der Waals surface area contributed by atoms with Crippen LogP contribution in [0.1, 0.15) is 16.9 Å². The number of ether oxygens (including phenoxy) is 2. The SMILES string of the molecule is COCCn1c(SCCCOc2ccc(F)cc2)nc2sc(C)c(C)c2c1=O. The van der Waals surface area contributed by atoms with Crippen molar-refractivity contribution in [3.05, 3.63) is 50.9 Å². The maximum atomic E-state index is 13.0. The molecule has 150 valence electrons. The van der Waals surface area contributed by atoms with Gasteiger partial charge in [0.1, 0.15) is 16.4 Å². The number of methoxy groups -OCH3 is 1. The fourth-order valence-electron chi connectivity index (χ4n) is 2.74. The van der Waals surface area contributed by atoms with Gasteiger partial charge in [-0.05, 0) is 50.1 Å². The molecule has 0 aliphatic heterocycles. The quantitative estimate of drug-likeness (QED) is 0.290. The molecule has 3 rings (SSSR count). The third kappa shape index (κ3) is 4.74. The summed E-state index contributed by atoms with van der Waals surface area (Å²) in [7, 11) is 1.62.